The fraction of sp³-hybridized carbons (Fsp3) is 0.409. The van der Waals surface area contributed by atoms with Crippen LogP contribution < -0.4 is 0 Å². The number of carbonyl (C=O) groups is 2. The highest BCUT2D eigenvalue weighted by Gasteiger charge is 2.37. The molecule has 0 aliphatic carbocycles. The van der Waals surface area contributed by atoms with E-state index in [2.05, 4.69) is 15.1 Å². The summed E-state index contributed by atoms with van der Waals surface area (Å²) in [7, 11) is 0. The highest BCUT2D eigenvalue weighted by Crippen LogP contribution is 2.27. The molecule has 0 saturated carbocycles. The van der Waals surface area contributed by atoms with Gasteiger partial charge < -0.3 is 14.9 Å². The number of benzene rings is 1. The number of hydrogen-bond donors (Lipinski definition) is 1. The predicted octanol–water partition coefficient (Wildman–Crippen LogP) is 2.38. The molecular weight excluding hydrogens is 453 g/mol. The number of aromatic hydroxyl groups is 1. The van der Waals surface area contributed by atoms with Crippen LogP contribution in [0.25, 0.3) is 5.78 Å². The van der Waals surface area contributed by atoms with E-state index in [0.717, 1.165) is 4.52 Å². The Morgan fingerprint density at radius 3 is 2.32 bits per heavy atom. The first-order valence-electron chi connectivity index (χ1n) is 10.7. The minimum atomic E-state index is -4.67. The summed E-state index contributed by atoms with van der Waals surface area (Å²) in [4.78, 5) is 36.2. The quantitative estimate of drug-likeness (QED) is 0.620. The third-order valence-corrected chi connectivity index (χ3v) is 5.95. The van der Waals surface area contributed by atoms with E-state index < -0.39 is 12.0 Å². The number of alkyl halides is 3. The van der Waals surface area contributed by atoms with Crippen molar-refractivity contribution in [3.05, 3.63) is 52.6 Å². The molecule has 0 bridgehead atoms. The van der Waals surface area contributed by atoms with E-state index in [9.17, 15) is 27.9 Å². The highest BCUT2D eigenvalue weighted by atomic mass is 19.4. The maximum Gasteiger partial charge on any atom is 0.453 e. The summed E-state index contributed by atoms with van der Waals surface area (Å²) in [6.07, 6.45) is -4.24. The first kappa shape index (κ1) is 23.5. The molecule has 1 aliphatic heterocycles. The van der Waals surface area contributed by atoms with Crippen LogP contribution in [0.5, 0.6) is 5.75 Å². The molecule has 1 aromatic carbocycles. The fourth-order valence-corrected chi connectivity index (χ4v) is 4.06. The van der Waals surface area contributed by atoms with Crippen LogP contribution in [0.15, 0.2) is 24.3 Å². The van der Waals surface area contributed by atoms with Gasteiger partial charge in [0, 0.05) is 44.0 Å². The van der Waals surface area contributed by atoms with Crippen LogP contribution in [0.1, 0.15) is 39.6 Å². The molecule has 3 aromatic rings. The molecule has 0 atom stereocenters. The maximum atomic E-state index is 13.0. The molecule has 4 rings (SSSR count). The normalized spacial score (nSPS) is 14.6. The van der Waals surface area contributed by atoms with Crippen molar-refractivity contribution in [3.63, 3.8) is 0 Å². The van der Waals surface area contributed by atoms with Gasteiger partial charge in [0.1, 0.15) is 5.75 Å². The van der Waals surface area contributed by atoms with E-state index in [1.165, 1.54) is 6.07 Å². The standard InChI is InChI=1S/C22H23F3N6O3/c1-13-15(14(2)31-21(26-13)27-20(28-31)22(23,24)25)7-8-18(33)29-9-11-30(12-10-29)19(34)16-5-3-4-6-17(16)32/h3-6,32H,7-12H2,1-2H3. The topological polar surface area (TPSA) is 104 Å². The highest BCUT2D eigenvalue weighted by molar-refractivity contribution is 5.97. The van der Waals surface area contributed by atoms with Crippen LogP contribution in [-0.2, 0) is 17.4 Å². The smallest absolute Gasteiger partial charge is 0.453 e. The Balaban J connectivity index is 1.39. The number of halogens is 3. The van der Waals surface area contributed by atoms with Crippen molar-refractivity contribution in [2.75, 3.05) is 26.2 Å². The lowest BCUT2D eigenvalue weighted by Gasteiger charge is -2.35. The molecule has 1 saturated heterocycles. The van der Waals surface area contributed by atoms with Crippen molar-refractivity contribution in [2.45, 2.75) is 32.9 Å². The molecule has 1 fully saturated rings. The molecular formula is C22H23F3N6O3. The molecule has 1 N–H and O–H groups in total. The number of aryl methyl sites for hydroxylation is 2. The number of phenolic OH excluding ortho intramolecular Hbond substituents is 1. The zero-order valence-electron chi connectivity index (χ0n) is 18.6. The van der Waals surface area contributed by atoms with Crippen molar-refractivity contribution >= 4 is 17.6 Å². The third-order valence-electron chi connectivity index (χ3n) is 5.95. The van der Waals surface area contributed by atoms with Crippen molar-refractivity contribution in [1.82, 2.24) is 29.4 Å². The van der Waals surface area contributed by atoms with Gasteiger partial charge in [0.15, 0.2) is 0 Å². The van der Waals surface area contributed by atoms with Crippen LogP contribution in [0.2, 0.25) is 0 Å². The van der Waals surface area contributed by atoms with E-state index in [4.69, 9.17) is 0 Å². The van der Waals surface area contributed by atoms with Gasteiger partial charge in [-0.3, -0.25) is 9.59 Å². The summed E-state index contributed by atoms with van der Waals surface area (Å²) in [5, 5.41) is 13.4. The summed E-state index contributed by atoms with van der Waals surface area (Å²) in [6, 6.07) is 6.31. The average molecular weight is 476 g/mol. The Hall–Kier alpha value is -3.70. The maximum absolute atomic E-state index is 13.0. The average Bonchev–Trinajstić information content (AvgIpc) is 3.23. The Morgan fingerprint density at radius 1 is 1.03 bits per heavy atom. The van der Waals surface area contributed by atoms with Crippen LogP contribution in [0.3, 0.4) is 0 Å². The first-order valence-corrected chi connectivity index (χ1v) is 10.7. The van der Waals surface area contributed by atoms with Crippen molar-refractivity contribution in [3.8, 4) is 5.75 Å². The first-order chi connectivity index (χ1) is 16.1. The Labute approximate surface area is 192 Å². The number of piperazine rings is 1. The Kier molecular flexibility index (Phi) is 6.15. The van der Waals surface area contributed by atoms with Gasteiger partial charge in [-0.2, -0.15) is 18.2 Å². The molecule has 9 nitrogen and oxygen atoms in total. The number of fused-ring (bicyclic) bond motifs is 1. The van der Waals surface area contributed by atoms with E-state index in [1.807, 2.05) is 0 Å². The predicted molar refractivity (Wildman–Crippen MR) is 114 cm³/mol. The van der Waals surface area contributed by atoms with E-state index >= 15 is 0 Å². The van der Waals surface area contributed by atoms with Crippen LogP contribution in [0, 0.1) is 13.8 Å². The van der Waals surface area contributed by atoms with Gasteiger partial charge >= 0.3 is 6.18 Å². The molecule has 3 heterocycles. The second kappa shape index (κ2) is 8.92. The van der Waals surface area contributed by atoms with Crippen LogP contribution in [0.4, 0.5) is 13.2 Å². The van der Waals surface area contributed by atoms with Crippen molar-refractivity contribution < 1.29 is 27.9 Å². The van der Waals surface area contributed by atoms with E-state index in [-0.39, 0.29) is 41.7 Å². The number of amides is 2. The number of aromatic nitrogens is 4. The number of nitrogens with zero attached hydrogens (tertiary/aromatic N) is 6. The summed E-state index contributed by atoms with van der Waals surface area (Å²) < 4.78 is 39.9. The van der Waals surface area contributed by atoms with Gasteiger partial charge in [-0.05, 0) is 38.0 Å². The SMILES string of the molecule is Cc1nc2nc(C(F)(F)F)nn2c(C)c1CCC(=O)N1CCN(C(=O)c2ccccc2O)CC1. The summed E-state index contributed by atoms with van der Waals surface area (Å²) in [6.45, 7) is 4.67. The Bertz CT molecular complexity index is 1250. The zero-order valence-corrected chi connectivity index (χ0v) is 18.6. The summed E-state index contributed by atoms with van der Waals surface area (Å²) >= 11 is 0. The minimum absolute atomic E-state index is 0.0861. The van der Waals surface area contributed by atoms with Crippen LogP contribution >= 0.6 is 0 Å². The lowest BCUT2D eigenvalue weighted by atomic mass is 10.1. The van der Waals surface area contributed by atoms with Gasteiger partial charge in [0.25, 0.3) is 17.5 Å². The molecule has 12 heteroatoms. The number of phenols is 1. The van der Waals surface area contributed by atoms with Crippen LogP contribution in [-0.4, -0.2) is 72.5 Å². The van der Waals surface area contributed by atoms with E-state index in [1.54, 1.807) is 41.8 Å². The monoisotopic (exact) mass is 476 g/mol. The molecule has 0 spiro atoms. The van der Waals surface area contributed by atoms with Gasteiger partial charge in [0.2, 0.25) is 5.91 Å². The molecule has 180 valence electrons. The van der Waals surface area contributed by atoms with Crippen molar-refractivity contribution in [1.29, 1.82) is 0 Å². The molecule has 34 heavy (non-hydrogen) atoms. The molecule has 1 aliphatic rings. The van der Waals surface area contributed by atoms with Gasteiger partial charge in [-0.25, -0.2) is 9.50 Å². The lowest BCUT2D eigenvalue weighted by Crippen LogP contribution is -2.50. The summed E-state index contributed by atoms with van der Waals surface area (Å²) in [5.74, 6) is -1.89. The van der Waals surface area contributed by atoms with Gasteiger partial charge in [-0.1, -0.05) is 12.1 Å². The second-order valence-electron chi connectivity index (χ2n) is 8.10. The Morgan fingerprint density at radius 2 is 1.68 bits per heavy atom. The number of hydrogen-bond acceptors (Lipinski definition) is 6. The lowest BCUT2D eigenvalue weighted by molar-refractivity contribution is -0.144. The molecule has 2 amide bonds. The van der Waals surface area contributed by atoms with Crippen molar-refractivity contribution in [2.24, 2.45) is 0 Å². The zero-order chi connectivity index (χ0) is 24.6. The third kappa shape index (κ3) is 4.52. The molecule has 2 aromatic heterocycles. The molecule has 0 radical (unpaired) electrons. The fourth-order valence-electron chi connectivity index (χ4n) is 4.06. The van der Waals surface area contributed by atoms with E-state index in [0.29, 0.717) is 43.1 Å². The summed E-state index contributed by atoms with van der Waals surface area (Å²) in [5.41, 5.74) is 1.82. The largest absolute Gasteiger partial charge is 0.507 e. The van der Waals surface area contributed by atoms with Gasteiger partial charge in [-0.15, -0.1) is 5.10 Å². The van der Waals surface area contributed by atoms with Gasteiger partial charge in [0.05, 0.1) is 5.56 Å². The second-order valence-corrected chi connectivity index (χ2v) is 8.10. The number of carbonyl (C=O) groups excluding carboxylic acids is 2. The minimum Gasteiger partial charge on any atom is -0.507 e. The number of rotatable bonds is 4. The molecule has 0 unspecified atom stereocenters. The number of para-hydroxylation sites is 1.